The maximum atomic E-state index is 13.0. The third kappa shape index (κ3) is 3.31. The Balaban J connectivity index is 1.42. The molecule has 0 bridgehead atoms. The van der Waals surface area contributed by atoms with Gasteiger partial charge in [-0.25, -0.2) is 0 Å². The molecule has 144 valence electrons. The molecule has 10 nitrogen and oxygen atoms in total. The lowest BCUT2D eigenvalue weighted by Crippen LogP contribution is -2.44. The lowest BCUT2D eigenvalue weighted by Gasteiger charge is -2.38. The quantitative estimate of drug-likeness (QED) is 0.836. The van der Waals surface area contributed by atoms with Gasteiger partial charge in [-0.3, -0.25) is 14.7 Å². The van der Waals surface area contributed by atoms with Gasteiger partial charge in [0, 0.05) is 38.0 Å². The molecule has 10 heteroatoms. The average molecular weight is 372 g/mol. The molecule has 4 rings (SSSR count). The highest BCUT2D eigenvalue weighted by atomic mass is 16.2. The van der Waals surface area contributed by atoms with Gasteiger partial charge in [-0.1, -0.05) is 13.8 Å². The molecule has 0 unspecified atom stereocenters. The summed E-state index contributed by atoms with van der Waals surface area (Å²) in [6, 6.07) is 0. The molecule has 1 spiro atoms. The van der Waals surface area contributed by atoms with Crippen LogP contribution in [0.3, 0.4) is 0 Å². The number of nitrogens with one attached hydrogen (secondary N) is 1. The molecular formula is C17H24N8O2. The third-order valence-corrected chi connectivity index (χ3v) is 5.53. The Morgan fingerprint density at radius 2 is 2.11 bits per heavy atom. The number of hydrogen-bond acceptors (Lipinski definition) is 6. The molecule has 0 radical (unpaired) electrons. The summed E-state index contributed by atoms with van der Waals surface area (Å²) in [4.78, 5) is 29.2. The second kappa shape index (κ2) is 6.75. The molecule has 27 heavy (non-hydrogen) atoms. The Morgan fingerprint density at radius 3 is 2.78 bits per heavy atom. The molecular weight excluding hydrogens is 348 g/mol. The topological polar surface area (TPSA) is 113 Å². The highest BCUT2D eigenvalue weighted by Gasteiger charge is 2.45. The van der Waals surface area contributed by atoms with Crippen LogP contribution in [0.15, 0.2) is 12.5 Å². The number of amides is 2. The molecule has 2 amide bonds. The first kappa shape index (κ1) is 17.6. The van der Waals surface area contributed by atoms with Crippen molar-refractivity contribution in [1.82, 2.24) is 40.2 Å². The summed E-state index contributed by atoms with van der Waals surface area (Å²) < 4.78 is 1.39. The first-order valence-electron chi connectivity index (χ1n) is 9.31. The predicted molar refractivity (Wildman–Crippen MR) is 94.9 cm³/mol. The standard InChI is InChI=1S/C17H24N8O2/c1-12(2)9-24-10-17(7-14(24)26)3-5-23(6-4-17)16(27)13-8-18-20-15(13)25-11-19-21-22-25/h8,11-12H,3-7,9-10H2,1-2H3,(H,18,20). The maximum Gasteiger partial charge on any atom is 0.259 e. The van der Waals surface area contributed by atoms with Crippen molar-refractivity contribution < 1.29 is 9.59 Å². The fourth-order valence-electron chi connectivity index (χ4n) is 4.15. The summed E-state index contributed by atoms with van der Waals surface area (Å²) >= 11 is 0. The van der Waals surface area contributed by atoms with Gasteiger partial charge in [0.25, 0.3) is 5.91 Å². The van der Waals surface area contributed by atoms with E-state index in [1.54, 1.807) is 0 Å². The van der Waals surface area contributed by atoms with Gasteiger partial charge < -0.3 is 9.80 Å². The minimum Gasteiger partial charge on any atom is -0.342 e. The fourth-order valence-corrected chi connectivity index (χ4v) is 4.15. The fraction of sp³-hybridized carbons (Fsp3) is 0.647. The van der Waals surface area contributed by atoms with E-state index in [0.717, 1.165) is 25.9 Å². The van der Waals surface area contributed by atoms with Crippen LogP contribution in [0.5, 0.6) is 0 Å². The minimum absolute atomic E-state index is 0.0117. The van der Waals surface area contributed by atoms with Crippen molar-refractivity contribution in [2.24, 2.45) is 11.3 Å². The Morgan fingerprint density at radius 1 is 1.33 bits per heavy atom. The average Bonchev–Trinajstić information content (AvgIpc) is 3.36. The van der Waals surface area contributed by atoms with Crippen LogP contribution in [0.4, 0.5) is 0 Å². The Hall–Kier alpha value is -2.78. The molecule has 2 saturated heterocycles. The van der Waals surface area contributed by atoms with Gasteiger partial charge in [0.2, 0.25) is 5.91 Å². The zero-order valence-electron chi connectivity index (χ0n) is 15.6. The van der Waals surface area contributed by atoms with Gasteiger partial charge >= 0.3 is 0 Å². The van der Waals surface area contributed by atoms with Crippen molar-refractivity contribution >= 4 is 11.8 Å². The molecule has 0 aromatic carbocycles. The van der Waals surface area contributed by atoms with Gasteiger partial charge in [-0.15, -0.1) is 5.10 Å². The molecule has 2 aromatic rings. The van der Waals surface area contributed by atoms with Crippen LogP contribution >= 0.6 is 0 Å². The summed E-state index contributed by atoms with van der Waals surface area (Å²) in [5.74, 6) is 1.09. The summed E-state index contributed by atoms with van der Waals surface area (Å²) in [5.41, 5.74) is 0.458. The van der Waals surface area contributed by atoms with Gasteiger partial charge in [-0.2, -0.15) is 9.78 Å². The summed E-state index contributed by atoms with van der Waals surface area (Å²) in [5, 5.41) is 17.8. The van der Waals surface area contributed by atoms with Crippen molar-refractivity contribution in [2.75, 3.05) is 26.2 Å². The van der Waals surface area contributed by atoms with Crippen molar-refractivity contribution in [3.63, 3.8) is 0 Å². The number of H-pyrrole nitrogens is 1. The Bertz CT molecular complexity index is 820. The SMILES string of the molecule is CC(C)CN1CC2(CCN(C(=O)c3cn[nH]c3-n3cnnn3)CC2)CC1=O. The normalized spacial score (nSPS) is 19.4. The van der Waals surface area contributed by atoms with Crippen LogP contribution in [0.2, 0.25) is 0 Å². The van der Waals surface area contributed by atoms with E-state index in [1.165, 1.54) is 17.2 Å². The first-order chi connectivity index (χ1) is 13.0. The number of aromatic nitrogens is 6. The van der Waals surface area contributed by atoms with Crippen LogP contribution in [-0.2, 0) is 4.79 Å². The number of rotatable bonds is 4. The van der Waals surface area contributed by atoms with Crippen molar-refractivity contribution in [3.05, 3.63) is 18.1 Å². The van der Waals surface area contributed by atoms with Gasteiger partial charge in [0.1, 0.15) is 11.9 Å². The first-order valence-corrected chi connectivity index (χ1v) is 9.31. The van der Waals surface area contributed by atoms with Crippen molar-refractivity contribution in [1.29, 1.82) is 0 Å². The van der Waals surface area contributed by atoms with E-state index in [9.17, 15) is 9.59 Å². The summed E-state index contributed by atoms with van der Waals surface area (Å²) in [6.45, 7) is 7.17. The molecule has 0 atom stereocenters. The number of tetrazole rings is 1. The molecule has 0 aliphatic carbocycles. The lowest BCUT2D eigenvalue weighted by atomic mass is 9.77. The zero-order chi connectivity index (χ0) is 19.0. The van der Waals surface area contributed by atoms with Crippen molar-refractivity contribution in [2.45, 2.75) is 33.1 Å². The monoisotopic (exact) mass is 372 g/mol. The Kier molecular flexibility index (Phi) is 4.40. The van der Waals surface area contributed by atoms with Gasteiger partial charge in [-0.05, 0) is 29.2 Å². The van der Waals surface area contributed by atoms with Gasteiger partial charge in [0.05, 0.1) is 6.20 Å². The lowest BCUT2D eigenvalue weighted by molar-refractivity contribution is -0.128. The minimum atomic E-state index is -0.0903. The number of aromatic amines is 1. The molecule has 2 aliphatic heterocycles. The predicted octanol–water partition coefficient (Wildman–Crippen LogP) is 0.496. The zero-order valence-corrected chi connectivity index (χ0v) is 15.6. The smallest absolute Gasteiger partial charge is 0.259 e. The molecule has 4 heterocycles. The van der Waals surface area contributed by atoms with E-state index in [2.05, 4.69) is 39.6 Å². The second-order valence-electron chi connectivity index (χ2n) is 8.02. The number of carbonyl (C=O) groups is 2. The molecule has 2 fully saturated rings. The van der Waals surface area contributed by atoms with Crippen LogP contribution in [0.25, 0.3) is 5.82 Å². The van der Waals surface area contributed by atoms with Crippen LogP contribution < -0.4 is 0 Å². The largest absolute Gasteiger partial charge is 0.342 e. The molecule has 2 aliphatic rings. The molecule has 1 N–H and O–H groups in total. The van der Waals surface area contributed by atoms with Crippen LogP contribution in [0.1, 0.15) is 43.5 Å². The van der Waals surface area contributed by atoms with E-state index >= 15 is 0 Å². The highest BCUT2D eigenvalue weighted by Crippen LogP contribution is 2.41. The van der Waals surface area contributed by atoms with Crippen LogP contribution in [-0.4, -0.2) is 78.2 Å². The summed E-state index contributed by atoms with van der Waals surface area (Å²) in [6.07, 6.45) is 5.22. The Labute approximate surface area is 156 Å². The maximum absolute atomic E-state index is 13.0. The van der Waals surface area contributed by atoms with Crippen molar-refractivity contribution in [3.8, 4) is 5.82 Å². The second-order valence-corrected chi connectivity index (χ2v) is 8.02. The highest BCUT2D eigenvalue weighted by molar-refractivity contribution is 5.97. The number of likely N-dealkylation sites (tertiary alicyclic amines) is 2. The number of nitrogens with zero attached hydrogens (tertiary/aromatic N) is 7. The van der Waals surface area contributed by atoms with E-state index < -0.39 is 0 Å². The van der Waals surface area contributed by atoms with E-state index in [-0.39, 0.29) is 17.2 Å². The number of carbonyl (C=O) groups excluding carboxylic acids is 2. The van der Waals surface area contributed by atoms with E-state index in [4.69, 9.17) is 0 Å². The molecule has 0 saturated carbocycles. The third-order valence-electron chi connectivity index (χ3n) is 5.53. The number of hydrogen-bond donors (Lipinski definition) is 1. The van der Waals surface area contributed by atoms with Gasteiger partial charge in [0.15, 0.2) is 5.82 Å². The van der Waals surface area contributed by atoms with E-state index in [0.29, 0.717) is 36.8 Å². The molecule has 2 aromatic heterocycles. The summed E-state index contributed by atoms with van der Waals surface area (Å²) in [7, 11) is 0. The van der Waals surface area contributed by atoms with E-state index in [1.807, 2.05) is 9.80 Å². The number of piperidine rings is 1. The van der Waals surface area contributed by atoms with Crippen LogP contribution in [0, 0.1) is 11.3 Å².